The molecule has 3 nitrogen and oxygen atoms in total. The minimum Gasteiger partial charge on any atom is -0.492 e. The normalized spacial score (nSPS) is 20.3. The molecule has 0 spiro atoms. The number of allylic oxidation sites excluding steroid dienone is 1. The topological polar surface area (TPSA) is 21.7 Å². The van der Waals surface area contributed by atoms with Crippen molar-refractivity contribution in [2.75, 3.05) is 39.5 Å². The largest absolute Gasteiger partial charge is 0.492 e. The number of ether oxygens (including phenoxy) is 2. The SMILES string of the molecule is CC/C(=C(/c1ccc(F)cc1Cl)C1CC[CH]OC1)c1ccc(OCCN2CC(CF)C2)cc1. The highest BCUT2D eigenvalue weighted by Crippen LogP contribution is 2.41. The highest BCUT2D eigenvalue weighted by molar-refractivity contribution is 6.32. The van der Waals surface area contributed by atoms with Crippen molar-refractivity contribution in [1.29, 1.82) is 0 Å². The van der Waals surface area contributed by atoms with E-state index in [-0.39, 0.29) is 24.3 Å². The average Bonchev–Trinajstić information content (AvgIpc) is 2.81. The Kier molecular flexibility index (Phi) is 8.39. The summed E-state index contributed by atoms with van der Waals surface area (Å²) in [4.78, 5) is 2.21. The molecule has 6 heteroatoms. The molecule has 33 heavy (non-hydrogen) atoms. The van der Waals surface area contributed by atoms with Crippen LogP contribution in [-0.2, 0) is 4.74 Å². The highest BCUT2D eigenvalue weighted by atomic mass is 35.5. The first-order valence-corrected chi connectivity index (χ1v) is 12.1. The maximum absolute atomic E-state index is 13.8. The summed E-state index contributed by atoms with van der Waals surface area (Å²) in [5.41, 5.74) is 4.28. The summed E-state index contributed by atoms with van der Waals surface area (Å²) in [6.45, 7) is 7.38. The predicted octanol–water partition coefficient (Wildman–Crippen LogP) is 6.67. The van der Waals surface area contributed by atoms with E-state index in [2.05, 4.69) is 24.0 Å². The van der Waals surface area contributed by atoms with Crippen LogP contribution in [0, 0.1) is 24.3 Å². The van der Waals surface area contributed by atoms with Crippen LogP contribution in [0.2, 0.25) is 5.02 Å². The molecule has 2 fully saturated rings. The third-order valence-corrected chi connectivity index (χ3v) is 6.80. The second-order valence-electron chi connectivity index (χ2n) is 8.80. The second-order valence-corrected chi connectivity index (χ2v) is 9.20. The van der Waals surface area contributed by atoms with Gasteiger partial charge in [0.05, 0.1) is 24.9 Å². The van der Waals surface area contributed by atoms with Crippen molar-refractivity contribution in [3.05, 3.63) is 71.0 Å². The Bertz CT molecular complexity index is 951. The lowest BCUT2D eigenvalue weighted by atomic mass is 9.82. The zero-order chi connectivity index (χ0) is 23.2. The predicted molar refractivity (Wildman–Crippen MR) is 129 cm³/mol. The molecule has 0 aliphatic carbocycles. The standard InChI is InChI=1S/C27H31ClF2NO2/c1-2-24(20-5-8-23(9-6-20)33-13-11-31-16-19(15-29)17-31)27(21-4-3-12-32-18-21)25-10-7-22(30)14-26(25)28/h5-10,12,14,19,21H,2-4,11,13,15-18H2,1H3/b27-24-. The van der Waals surface area contributed by atoms with Gasteiger partial charge in [0.15, 0.2) is 0 Å². The molecule has 0 N–H and O–H groups in total. The maximum Gasteiger partial charge on any atom is 0.124 e. The van der Waals surface area contributed by atoms with Gasteiger partial charge in [-0.25, -0.2) is 4.39 Å². The molecule has 2 heterocycles. The number of hydrogen-bond donors (Lipinski definition) is 0. The van der Waals surface area contributed by atoms with Crippen molar-refractivity contribution in [2.45, 2.75) is 26.2 Å². The smallest absolute Gasteiger partial charge is 0.124 e. The Morgan fingerprint density at radius 1 is 1.18 bits per heavy atom. The Morgan fingerprint density at radius 2 is 1.97 bits per heavy atom. The van der Waals surface area contributed by atoms with Crippen molar-refractivity contribution in [3.8, 4) is 5.75 Å². The Labute approximate surface area is 200 Å². The van der Waals surface area contributed by atoms with Crippen LogP contribution in [0.15, 0.2) is 42.5 Å². The first-order chi connectivity index (χ1) is 16.1. The van der Waals surface area contributed by atoms with Crippen LogP contribution in [0.3, 0.4) is 0 Å². The molecule has 177 valence electrons. The van der Waals surface area contributed by atoms with E-state index in [0.29, 0.717) is 18.2 Å². The van der Waals surface area contributed by atoms with Gasteiger partial charge in [-0.3, -0.25) is 9.29 Å². The molecule has 0 saturated carbocycles. The summed E-state index contributed by atoms with van der Waals surface area (Å²) in [6.07, 6.45) is 2.65. The van der Waals surface area contributed by atoms with Gasteiger partial charge in [0.1, 0.15) is 18.2 Å². The summed E-state index contributed by atoms with van der Waals surface area (Å²) in [6, 6.07) is 12.7. The highest BCUT2D eigenvalue weighted by Gasteiger charge is 2.26. The molecule has 2 aliphatic rings. The zero-order valence-corrected chi connectivity index (χ0v) is 19.8. The van der Waals surface area contributed by atoms with E-state index in [9.17, 15) is 8.78 Å². The summed E-state index contributed by atoms with van der Waals surface area (Å²) in [5.74, 6) is 0.858. The molecule has 0 bridgehead atoms. The Hall–Kier alpha value is -1.95. The third kappa shape index (κ3) is 5.95. The van der Waals surface area contributed by atoms with E-state index in [1.807, 2.05) is 18.7 Å². The van der Waals surface area contributed by atoms with Crippen molar-refractivity contribution < 1.29 is 18.3 Å². The Balaban J connectivity index is 1.54. The van der Waals surface area contributed by atoms with E-state index in [1.54, 1.807) is 6.07 Å². The monoisotopic (exact) mass is 474 g/mol. The van der Waals surface area contributed by atoms with Crippen molar-refractivity contribution in [3.63, 3.8) is 0 Å². The van der Waals surface area contributed by atoms with Crippen molar-refractivity contribution >= 4 is 22.7 Å². The van der Waals surface area contributed by atoms with Crippen LogP contribution in [0.4, 0.5) is 8.78 Å². The van der Waals surface area contributed by atoms with Crippen molar-refractivity contribution in [1.82, 2.24) is 4.90 Å². The van der Waals surface area contributed by atoms with E-state index in [4.69, 9.17) is 21.1 Å². The zero-order valence-electron chi connectivity index (χ0n) is 19.0. The lowest BCUT2D eigenvalue weighted by molar-refractivity contribution is 0.0668. The quantitative estimate of drug-likeness (QED) is 0.379. The van der Waals surface area contributed by atoms with Gasteiger partial charge in [0.2, 0.25) is 0 Å². The van der Waals surface area contributed by atoms with E-state index < -0.39 is 0 Å². The molecule has 1 unspecified atom stereocenters. The number of halogens is 3. The average molecular weight is 475 g/mol. The summed E-state index contributed by atoms with van der Waals surface area (Å²) >= 11 is 6.51. The molecule has 1 atom stereocenters. The number of nitrogens with zero attached hydrogens (tertiary/aromatic N) is 1. The molecule has 0 aromatic heterocycles. The fourth-order valence-electron chi connectivity index (χ4n) is 4.74. The molecule has 4 rings (SSSR count). The van der Waals surface area contributed by atoms with Gasteiger partial charge < -0.3 is 9.47 Å². The second kappa shape index (κ2) is 11.5. The number of alkyl halides is 1. The van der Waals surface area contributed by atoms with Gasteiger partial charge in [-0.1, -0.05) is 36.7 Å². The minimum atomic E-state index is -0.339. The third-order valence-electron chi connectivity index (χ3n) is 6.49. The Morgan fingerprint density at radius 3 is 2.61 bits per heavy atom. The molecule has 2 aromatic carbocycles. The van der Waals surface area contributed by atoms with Crippen molar-refractivity contribution in [2.24, 2.45) is 11.8 Å². The van der Waals surface area contributed by atoms with E-state index in [0.717, 1.165) is 61.3 Å². The first kappa shape index (κ1) is 24.2. The van der Waals surface area contributed by atoms with Gasteiger partial charge in [-0.15, -0.1) is 0 Å². The van der Waals surface area contributed by atoms with Gasteiger partial charge in [0.25, 0.3) is 0 Å². The number of hydrogen-bond acceptors (Lipinski definition) is 3. The number of likely N-dealkylation sites (tertiary alicyclic amines) is 1. The molecular formula is C27H31ClF2NO2. The lowest BCUT2D eigenvalue weighted by Gasteiger charge is -2.37. The van der Waals surface area contributed by atoms with E-state index in [1.165, 1.54) is 17.7 Å². The fourth-order valence-corrected chi connectivity index (χ4v) is 5.01. The van der Waals surface area contributed by atoms with Gasteiger partial charge >= 0.3 is 0 Å². The molecular weight excluding hydrogens is 444 g/mol. The number of rotatable bonds is 9. The minimum absolute atomic E-state index is 0.188. The van der Waals surface area contributed by atoms with Crippen LogP contribution in [0.5, 0.6) is 5.75 Å². The molecule has 0 amide bonds. The van der Waals surface area contributed by atoms with Crippen LogP contribution in [0.1, 0.15) is 37.3 Å². The van der Waals surface area contributed by atoms with E-state index >= 15 is 0 Å². The van der Waals surface area contributed by atoms with Gasteiger partial charge in [-0.05, 0) is 65.8 Å². The molecule has 1 radical (unpaired) electrons. The van der Waals surface area contributed by atoms with Gasteiger partial charge in [-0.2, -0.15) is 0 Å². The van der Waals surface area contributed by atoms with Crippen LogP contribution < -0.4 is 4.74 Å². The summed E-state index contributed by atoms with van der Waals surface area (Å²) in [7, 11) is 0. The van der Waals surface area contributed by atoms with Gasteiger partial charge in [0, 0.05) is 31.5 Å². The summed E-state index contributed by atoms with van der Waals surface area (Å²) in [5, 5.41) is 0.423. The number of benzene rings is 2. The summed E-state index contributed by atoms with van der Waals surface area (Å²) < 4.78 is 37.9. The van der Waals surface area contributed by atoms with Crippen LogP contribution >= 0.6 is 11.6 Å². The fraction of sp³-hybridized carbons (Fsp3) is 0.444. The molecule has 2 aromatic rings. The first-order valence-electron chi connectivity index (χ1n) is 11.7. The van der Waals surface area contributed by atoms with Crippen LogP contribution in [0.25, 0.3) is 11.1 Å². The molecule has 2 saturated heterocycles. The maximum atomic E-state index is 13.8. The lowest BCUT2D eigenvalue weighted by Crippen LogP contribution is -2.49. The molecule has 2 aliphatic heterocycles. The van der Waals surface area contributed by atoms with Crippen LogP contribution in [-0.4, -0.2) is 44.4 Å².